The molecule has 5 heteroatoms. The van der Waals surface area contributed by atoms with Gasteiger partial charge in [0.05, 0.1) is 6.61 Å². The zero-order valence-electron chi connectivity index (χ0n) is 13.7. The van der Waals surface area contributed by atoms with Gasteiger partial charge in [-0.1, -0.05) is 43.3 Å². The minimum atomic E-state index is -1.14. The third-order valence-corrected chi connectivity index (χ3v) is 3.96. The average molecular weight is 319 g/mol. The van der Waals surface area contributed by atoms with E-state index in [0.717, 1.165) is 0 Å². The van der Waals surface area contributed by atoms with Gasteiger partial charge in [0.1, 0.15) is 11.5 Å². The normalized spacial score (nSPS) is 14.5. The summed E-state index contributed by atoms with van der Waals surface area (Å²) in [5, 5.41) is 12.4. The van der Waals surface area contributed by atoms with E-state index in [4.69, 9.17) is 4.74 Å². The largest absolute Gasteiger partial charge is 0.481 e. The molecule has 0 aromatic heterocycles. The van der Waals surface area contributed by atoms with Crippen molar-refractivity contribution in [2.75, 3.05) is 13.2 Å². The van der Waals surface area contributed by atoms with Crippen molar-refractivity contribution in [3.05, 3.63) is 48.6 Å². The van der Waals surface area contributed by atoms with Crippen LogP contribution in [-0.4, -0.2) is 36.2 Å². The molecule has 0 saturated heterocycles. The Morgan fingerprint density at radius 3 is 2.57 bits per heavy atom. The Morgan fingerprint density at radius 2 is 2.04 bits per heavy atom. The van der Waals surface area contributed by atoms with Crippen LogP contribution in [-0.2, 0) is 19.7 Å². The number of nitrogens with one attached hydrogen (secondary N) is 1. The summed E-state index contributed by atoms with van der Waals surface area (Å²) in [6.07, 6.45) is 2.12. The molecule has 0 fully saturated rings. The molecule has 0 radical (unpaired) electrons. The fourth-order valence-corrected chi connectivity index (χ4v) is 2.32. The van der Waals surface area contributed by atoms with E-state index >= 15 is 0 Å². The van der Waals surface area contributed by atoms with Crippen molar-refractivity contribution in [2.45, 2.75) is 38.2 Å². The second-order valence-corrected chi connectivity index (χ2v) is 5.42. The SMILES string of the molecule is C=CCCOC(C)C(=O)NCC(CC)(C(=O)O)c1ccccc1. The second kappa shape index (κ2) is 9.10. The molecule has 2 N–H and O–H groups in total. The monoisotopic (exact) mass is 319 g/mol. The highest BCUT2D eigenvalue weighted by molar-refractivity contribution is 5.84. The lowest BCUT2D eigenvalue weighted by molar-refractivity contribution is -0.144. The van der Waals surface area contributed by atoms with Crippen molar-refractivity contribution < 1.29 is 19.4 Å². The van der Waals surface area contributed by atoms with E-state index in [0.29, 0.717) is 25.0 Å². The molecule has 2 unspecified atom stereocenters. The van der Waals surface area contributed by atoms with Gasteiger partial charge < -0.3 is 15.2 Å². The van der Waals surface area contributed by atoms with Crippen LogP contribution in [0.1, 0.15) is 32.3 Å². The highest BCUT2D eigenvalue weighted by atomic mass is 16.5. The predicted octanol–water partition coefficient (Wildman–Crippen LogP) is 2.52. The maximum Gasteiger partial charge on any atom is 0.315 e. The number of amides is 1. The number of benzene rings is 1. The number of carbonyl (C=O) groups excluding carboxylic acids is 1. The van der Waals surface area contributed by atoms with Crippen molar-refractivity contribution in [3.63, 3.8) is 0 Å². The fourth-order valence-electron chi connectivity index (χ4n) is 2.32. The van der Waals surface area contributed by atoms with Crippen molar-refractivity contribution in [3.8, 4) is 0 Å². The summed E-state index contributed by atoms with van der Waals surface area (Å²) in [5.41, 5.74) is -0.465. The number of carbonyl (C=O) groups is 2. The van der Waals surface area contributed by atoms with E-state index in [1.54, 1.807) is 44.2 Å². The Hall–Kier alpha value is -2.14. The molecular weight excluding hydrogens is 294 g/mol. The van der Waals surface area contributed by atoms with Gasteiger partial charge in [-0.15, -0.1) is 6.58 Å². The predicted molar refractivity (Wildman–Crippen MR) is 89.3 cm³/mol. The van der Waals surface area contributed by atoms with Crippen molar-refractivity contribution in [2.24, 2.45) is 0 Å². The summed E-state index contributed by atoms with van der Waals surface area (Å²) in [4.78, 5) is 24.0. The number of aliphatic carboxylic acids is 1. The van der Waals surface area contributed by atoms with E-state index < -0.39 is 17.5 Å². The summed E-state index contributed by atoms with van der Waals surface area (Å²) in [5.74, 6) is -1.27. The molecule has 1 amide bonds. The van der Waals surface area contributed by atoms with E-state index in [1.165, 1.54) is 0 Å². The Labute approximate surface area is 137 Å². The van der Waals surface area contributed by atoms with Gasteiger partial charge >= 0.3 is 5.97 Å². The standard InChI is InChI=1S/C18H25NO4/c1-4-6-12-23-14(3)16(20)19-13-18(5-2,17(21)22)15-10-8-7-9-11-15/h4,7-11,14H,1,5-6,12-13H2,2-3H3,(H,19,20)(H,21,22). The molecule has 1 aromatic carbocycles. The minimum absolute atomic E-state index is 0.0246. The number of carboxylic acids is 1. The van der Waals surface area contributed by atoms with Crippen LogP contribution in [0.3, 0.4) is 0 Å². The molecule has 0 saturated carbocycles. The smallest absolute Gasteiger partial charge is 0.315 e. The molecule has 2 atom stereocenters. The third kappa shape index (κ3) is 4.93. The van der Waals surface area contributed by atoms with Crippen LogP contribution in [0, 0.1) is 0 Å². The number of hydrogen-bond acceptors (Lipinski definition) is 3. The highest BCUT2D eigenvalue weighted by Crippen LogP contribution is 2.27. The molecule has 0 heterocycles. The zero-order valence-corrected chi connectivity index (χ0v) is 13.7. The van der Waals surface area contributed by atoms with Gasteiger partial charge in [-0.25, -0.2) is 0 Å². The topological polar surface area (TPSA) is 75.6 Å². The summed E-state index contributed by atoms with van der Waals surface area (Å²) >= 11 is 0. The first-order chi connectivity index (χ1) is 11.0. The summed E-state index contributed by atoms with van der Waals surface area (Å²) < 4.78 is 5.38. The fraction of sp³-hybridized carbons (Fsp3) is 0.444. The second-order valence-electron chi connectivity index (χ2n) is 5.42. The Morgan fingerprint density at radius 1 is 1.39 bits per heavy atom. The first kappa shape index (κ1) is 18.9. The zero-order chi connectivity index (χ0) is 17.3. The average Bonchev–Trinajstić information content (AvgIpc) is 2.56. The summed E-state index contributed by atoms with van der Waals surface area (Å²) in [6.45, 7) is 7.48. The van der Waals surface area contributed by atoms with Crippen LogP contribution < -0.4 is 5.32 Å². The number of rotatable bonds is 10. The molecule has 0 aliphatic heterocycles. The molecule has 0 aliphatic carbocycles. The quantitative estimate of drug-likeness (QED) is 0.513. The number of carboxylic acid groups (broad SMARTS) is 1. The van der Waals surface area contributed by atoms with Crippen LogP contribution in [0.5, 0.6) is 0 Å². The molecule has 0 spiro atoms. The van der Waals surface area contributed by atoms with Gasteiger partial charge in [-0.05, 0) is 25.3 Å². The highest BCUT2D eigenvalue weighted by Gasteiger charge is 2.39. The molecule has 5 nitrogen and oxygen atoms in total. The lowest BCUT2D eigenvalue weighted by Crippen LogP contribution is -2.48. The van der Waals surface area contributed by atoms with Crippen LogP contribution >= 0.6 is 0 Å². The Balaban J connectivity index is 2.78. The first-order valence-electron chi connectivity index (χ1n) is 7.77. The molecule has 1 rings (SSSR count). The Kier molecular flexibility index (Phi) is 7.48. The lowest BCUT2D eigenvalue weighted by Gasteiger charge is -2.29. The third-order valence-electron chi connectivity index (χ3n) is 3.96. The van der Waals surface area contributed by atoms with E-state index in [-0.39, 0.29) is 12.5 Å². The number of hydrogen-bond donors (Lipinski definition) is 2. The van der Waals surface area contributed by atoms with Crippen molar-refractivity contribution in [1.29, 1.82) is 0 Å². The van der Waals surface area contributed by atoms with Crippen LogP contribution in [0.15, 0.2) is 43.0 Å². The van der Waals surface area contributed by atoms with Crippen LogP contribution in [0.25, 0.3) is 0 Å². The summed E-state index contributed by atoms with van der Waals surface area (Å²) in [6, 6.07) is 8.97. The van der Waals surface area contributed by atoms with E-state index in [1.807, 2.05) is 6.07 Å². The van der Waals surface area contributed by atoms with Crippen LogP contribution in [0.4, 0.5) is 0 Å². The van der Waals surface area contributed by atoms with Crippen LogP contribution in [0.2, 0.25) is 0 Å². The lowest BCUT2D eigenvalue weighted by atomic mass is 9.78. The van der Waals surface area contributed by atoms with Gasteiger partial charge in [0.25, 0.3) is 0 Å². The van der Waals surface area contributed by atoms with E-state index in [9.17, 15) is 14.7 Å². The molecule has 23 heavy (non-hydrogen) atoms. The first-order valence-corrected chi connectivity index (χ1v) is 7.77. The van der Waals surface area contributed by atoms with Gasteiger partial charge in [-0.2, -0.15) is 0 Å². The van der Waals surface area contributed by atoms with Gasteiger partial charge in [-0.3, -0.25) is 9.59 Å². The molecule has 0 bridgehead atoms. The maximum atomic E-state index is 12.1. The number of ether oxygens (including phenoxy) is 1. The van der Waals surface area contributed by atoms with E-state index in [2.05, 4.69) is 11.9 Å². The van der Waals surface area contributed by atoms with Gasteiger partial charge in [0.2, 0.25) is 5.91 Å². The van der Waals surface area contributed by atoms with Gasteiger partial charge in [0, 0.05) is 6.54 Å². The van der Waals surface area contributed by atoms with Crippen molar-refractivity contribution in [1.82, 2.24) is 5.32 Å². The molecule has 1 aromatic rings. The summed E-state index contributed by atoms with van der Waals surface area (Å²) in [7, 11) is 0. The maximum absolute atomic E-state index is 12.1. The molecule has 0 aliphatic rings. The van der Waals surface area contributed by atoms with Crippen molar-refractivity contribution >= 4 is 11.9 Å². The molecular formula is C18H25NO4. The Bertz CT molecular complexity index is 529. The minimum Gasteiger partial charge on any atom is -0.481 e. The molecule has 126 valence electrons. The van der Waals surface area contributed by atoms with Gasteiger partial charge in [0.15, 0.2) is 0 Å².